The Morgan fingerprint density at radius 1 is 1.50 bits per heavy atom. The van der Waals surface area contributed by atoms with Crippen molar-refractivity contribution in [2.45, 2.75) is 25.6 Å². The first-order valence-corrected chi connectivity index (χ1v) is 6.87. The molecule has 1 aromatic carbocycles. The third kappa shape index (κ3) is 3.85. The number of morpholine rings is 1. The molecule has 1 atom stereocenters. The van der Waals surface area contributed by atoms with Gasteiger partial charge in [-0.05, 0) is 38.1 Å². The van der Waals surface area contributed by atoms with Gasteiger partial charge in [0, 0.05) is 10.7 Å². The number of aliphatic hydroxyl groups excluding tert-OH is 1. The van der Waals surface area contributed by atoms with Gasteiger partial charge in [-0.3, -0.25) is 0 Å². The number of amides is 2. The van der Waals surface area contributed by atoms with Crippen LogP contribution in [-0.2, 0) is 4.74 Å². The van der Waals surface area contributed by atoms with Gasteiger partial charge in [0.2, 0.25) is 0 Å². The molecule has 0 saturated carbocycles. The van der Waals surface area contributed by atoms with E-state index in [-0.39, 0.29) is 18.7 Å². The number of hydrogen-bond acceptors (Lipinski definition) is 3. The quantitative estimate of drug-likeness (QED) is 0.881. The molecule has 20 heavy (non-hydrogen) atoms. The average Bonchev–Trinajstić information content (AvgIpc) is 2.39. The molecule has 1 heterocycles. The lowest BCUT2D eigenvalue weighted by Crippen LogP contribution is -2.56. The lowest BCUT2D eigenvalue weighted by molar-refractivity contribution is -0.137. The average molecular weight is 299 g/mol. The highest BCUT2D eigenvalue weighted by atomic mass is 35.5. The van der Waals surface area contributed by atoms with E-state index in [1.54, 1.807) is 29.2 Å². The second-order valence-electron chi connectivity index (χ2n) is 5.50. The predicted molar refractivity (Wildman–Crippen MR) is 78.1 cm³/mol. The number of benzene rings is 1. The van der Waals surface area contributed by atoms with Gasteiger partial charge < -0.3 is 20.1 Å². The molecule has 1 aliphatic rings. The zero-order valence-electron chi connectivity index (χ0n) is 11.6. The molecular formula is C14H19ClN2O3. The van der Waals surface area contributed by atoms with E-state index in [0.29, 0.717) is 23.8 Å². The predicted octanol–water partition coefficient (Wildman–Crippen LogP) is 2.34. The maximum atomic E-state index is 12.2. The second-order valence-corrected chi connectivity index (χ2v) is 5.94. The minimum Gasteiger partial charge on any atom is -0.394 e. The van der Waals surface area contributed by atoms with Gasteiger partial charge in [0.25, 0.3) is 0 Å². The van der Waals surface area contributed by atoms with Crippen molar-refractivity contribution in [2.24, 2.45) is 0 Å². The molecule has 110 valence electrons. The second kappa shape index (κ2) is 5.99. The third-order valence-electron chi connectivity index (χ3n) is 3.07. The smallest absolute Gasteiger partial charge is 0.322 e. The Balaban J connectivity index is 2.02. The van der Waals surface area contributed by atoms with Crippen molar-refractivity contribution in [3.63, 3.8) is 0 Å². The summed E-state index contributed by atoms with van der Waals surface area (Å²) in [6.45, 7) is 4.55. The highest BCUT2D eigenvalue weighted by molar-refractivity contribution is 6.30. The summed E-state index contributed by atoms with van der Waals surface area (Å²) < 4.78 is 5.68. The molecule has 0 radical (unpaired) electrons. The van der Waals surface area contributed by atoms with E-state index in [2.05, 4.69) is 5.32 Å². The van der Waals surface area contributed by atoms with E-state index < -0.39 is 5.60 Å². The van der Waals surface area contributed by atoms with E-state index in [1.807, 2.05) is 13.8 Å². The number of ether oxygens (including phenoxy) is 1. The summed E-state index contributed by atoms with van der Waals surface area (Å²) in [5.74, 6) is 0. The molecule has 6 heteroatoms. The Morgan fingerprint density at radius 2 is 2.15 bits per heavy atom. The van der Waals surface area contributed by atoms with Crippen molar-refractivity contribution in [1.29, 1.82) is 0 Å². The fraction of sp³-hybridized carbons (Fsp3) is 0.500. The van der Waals surface area contributed by atoms with E-state index in [1.165, 1.54) is 0 Å². The van der Waals surface area contributed by atoms with Crippen LogP contribution in [0, 0.1) is 0 Å². The number of aliphatic hydroxyl groups is 1. The number of carbonyl (C=O) groups excluding carboxylic acids is 1. The van der Waals surface area contributed by atoms with Gasteiger partial charge >= 0.3 is 6.03 Å². The fourth-order valence-electron chi connectivity index (χ4n) is 2.28. The van der Waals surface area contributed by atoms with Crippen molar-refractivity contribution in [1.82, 2.24) is 4.90 Å². The first kappa shape index (κ1) is 15.1. The number of rotatable bonds is 2. The van der Waals surface area contributed by atoms with Gasteiger partial charge in [-0.1, -0.05) is 11.6 Å². The summed E-state index contributed by atoms with van der Waals surface area (Å²) in [5, 5.41) is 12.7. The van der Waals surface area contributed by atoms with Crippen LogP contribution in [0.15, 0.2) is 24.3 Å². The minimum atomic E-state index is -0.469. The summed E-state index contributed by atoms with van der Waals surface area (Å²) in [5.41, 5.74) is 0.215. The first-order chi connectivity index (χ1) is 9.39. The monoisotopic (exact) mass is 298 g/mol. The molecular weight excluding hydrogens is 280 g/mol. The maximum absolute atomic E-state index is 12.2. The molecule has 0 aliphatic carbocycles. The van der Waals surface area contributed by atoms with Crippen LogP contribution in [0.4, 0.5) is 10.5 Å². The Bertz CT molecular complexity index is 476. The number of carbonyl (C=O) groups is 1. The maximum Gasteiger partial charge on any atom is 0.322 e. The van der Waals surface area contributed by atoms with Gasteiger partial charge in [0.05, 0.1) is 31.4 Å². The summed E-state index contributed by atoms with van der Waals surface area (Å²) in [6, 6.07) is 6.72. The largest absolute Gasteiger partial charge is 0.394 e. The van der Waals surface area contributed by atoms with Crippen molar-refractivity contribution >= 4 is 23.3 Å². The van der Waals surface area contributed by atoms with Crippen LogP contribution < -0.4 is 5.32 Å². The van der Waals surface area contributed by atoms with Crippen LogP contribution in [0.1, 0.15) is 13.8 Å². The number of anilines is 1. The van der Waals surface area contributed by atoms with Gasteiger partial charge in [-0.25, -0.2) is 4.79 Å². The highest BCUT2D eigenvalue weighted by Gasteiger charge is 2.35. The number of nitrogens with one attached hydrogen (secondary N) is 1. The molecule has 0 bridgehead atoms. The zero-order chi connectivity index (χ0) is 14.8. The van der Waals surface area contributed by atoms with Crippen LogP contribution >= 0.6 is 11.6 Å². The Labute approximate surface area is 123 Å². The third-order valence-corrected chi connectivity index (χ3v) is 3.32. The number of urea groups is 1. The molecule has 2 N–H and O–H groups in total. The van der Waals surface area contributed by atoms with Crippen LogP contribution in [0.3, 0.4) is 0 Å². The van der Waals surface area contributed by atoms with Crippen molar-refractivity contribution in [3.8, 4) is 0 Å². The van der Waals surface area contributed by atoms with Gasteiger partial charge in [0.1, 0.15) is 0 Å². The van der Waals surface area contributed by atoms with Gasteiger partial charge in [-0.15, -0.1) is 0 Å². The van der Waals surface area contributed by atoms with Gasteiger partial charge in [0.15, 0.2) is 0 Å². The first-order valence-electron chi connectivity index (χ1n) is 6.50. The summed E-state index contributed by atoms with van der Waals surface area (Å²) in [4.78, 5) is 13.9. The molecule has 0 spiro atoms. The molecule has 1 aromatic rings. The molecule has 1 unspecified atom stereocenters. The number of nitrogens with zero attached hydrogens (tertiary/aromatic N) is 1. The number of halogens is 1. The molecule has 1 fully saturated rings. The van der Waals surface area contributed by atoms with E-state index in [4.69, 9.17) is 16.3 Å². The van der Waals surface area contributed by atoms with E-state index >= 15 is 0 Å². The SMILES string of the molecule is CC1(C)CN(C(=O)Nc2ccc(Cl)cc2)CC(CO)O1. The fourth-order valence-corrected chi connectivity index (χ4v) is 2.41. The van der Waals surface area contributed by atoms with Crippen molar-refractivity contribution in [3.05, 3.63) is 29.3 Å². The Hall–Kier alpha value is -1.30. The van der Waals surface area contributed by atoms with E-state index in [9.17, 15) is 9.90 Å². The molecule has 1 aliphatic heterocycles. The van der Waals surface area contributed by atoms with Crippen LogP contribution in [-0.4, -0.2) is 47.4 Å². The summed E-state index contributed by atoms with van der Waals surface area (Å²) in [6.07, 6.45) is -0.352. The highest BCUT2D eigenvalue weighted by Crippen LogP contribution is 2.22. The summed E-state index contributed by atoms with van der Waals surface area (Å²) >= 11 is 5.80. The molecule has 1 saturated heterocycles. The lowest BCUT2D eigenvalue weighted by Gasteiger charge is -2.42. The molecule has 0 aromatic heterocycles. The van der Waals surface area contributed by atoms with Crippen LogP contribution in [0.5, 0.6) is 0 Å². The molecule has 5 nitrogen and oxygen atoms in total. The minimum absolute atomic E-state index is 0.103. The zero-order valence-corrected chi connectivity index (χ0v) is 12.4. The van der Waals surface area contributed by atoms with Crippen molar-refractivity contribution in [2.75, 3.05) is 25.0 Å². The van der Waals surface area contributed by atoms with Crippen molar-refractivity contribution < 1.29 is 14.6 Å². The Kier molecular flexibility index (Phi) is 4.52. The lowest BCUT2D eigenvalue weighted by atomic mass is 10.1. The number of hydrogen-bond donors (Lipinski definition) is 2. The molecule has 2 amide bonds. The van der Waals surface area contributed by atoms with E-state index in [0.717, 1.165) is 0 Å². The topological polar surface area (TPSA) is 61.8 Å². The normalized spacial score (nSPS) is 21.6. The van der Waals surface area contributed by atoms with Crippen LogP contribution in [0.2, 0.25) is 5.02 Å². The van der Waals surface area contributed by atoms with Crippen LogP contribution in [0.25, 0.3) is 0 Å². The molecule has 2 rings (SSSR count). The Morgan fingerprint density at radius 3 is 2.75 bits per heavy atom. The standard InChI is InChI=1S/C14H19ClN2O3/c1-14(2)9-17(7-12(8-18)20-14)13(19)16-11-5-3-10(15)4-6-11/h3-6,12,18H,7-9H2,1-2H3,(H,16,19). The van der Waals surface area contributed by atoms with Gasteiger partial charge in [-0.2, -0.15) is 0 Å². The summed E-state index contributed by atoms with van der Waals surface area (Å²) in [7, 11) is 0.